The maximum atomic E-state index is 14.7. The van der Waals surface area contributed by atoms with Crippen molar-refractivity contribution in [1.82, 2.24) is 9.97 Å². The van der Waals surface area contributed by atoms with Crippen LogP contribution in [0.15, 0.2) is 61.1 Å². The highest BCUT2D eigenvalue weighted by atomic mass is 19.1. The molecule has 1 aliphatic rings. The fraction of sp³-hybridized carbons (Fsp3) is 0.0870. The number of aromatic nitrogens is 2. The summed E-state index contributed by atoms with van der Waals surface area (Å²) in [6.07, 6.45) is 3.08. The fourth-order valence-electron chi connectivity index (χ4n) is 3.64. The Morgan fingerprint density at radius 3 is 2.61 bits per heavy atom. The Bertz CT molecular complexity index is 1230. The van der Waals surface area contributed by atoms with Gasteiger partial charge in [-0.1, -0.05) is 30.8 Å². The van der Waals surface area contributed by atoms with Gasteiger partial charge in [0.05, 0.1) is 17.8 Å². The van der Waals surface area contributed by atoms with Crippen LogP contribution < -0.4 is 16.0 Å². The maximum absolute atomic E-state index is 14.7. The molecule has 8 heteroatoms. The summed E-state index contributed by atoms with van der Waals surface area (Å²) in [5.41, 5.74) is 8.66. The lowest BCUT2D eigenvalue weighted by molar-refractivity contribution is 0.619. The van der Waals surface area contributed by atoms with E-state index in [2.05, 4.69) is 21.9 Å². The van der Waals surface area contributed by atoms with E-state index in [1.165, 1.54) is 18.5 Å². The molecule has 31 heavy (non-hydrogen) atoms. The zero-order valence-electron chi connectivity index (χ0n) is 16.8. The lowest BCUT2D eigenvalue weighted by Gasteiger charge is -2.34. The number of anilines is 3. The van der Waals surface area contributed by atoms with Crippen LogP contribution in [0, 0.1) is 17.0 Å². The van der Waals surface area contributed by atoms with Crippen molar-refractivity contribution in [2.45, 2.75) is 6.92 Å². The second-order valence-corrected chi connectivity index (χ2v) is 7.03. The third-order valence-electron chi connectivity index (χ3n) is 5.00. The lowest BCUT2D eigenvalue weighted by atomic mass is 9.97. The molecule has 3 aromatic rings. The summed E-state index contributed by atoms with van der Waals surface area (Å²) in [5, 5.41) is 11.1. The molecule has 0 amide bonds. The highest BCUT2D eigenvalue weighted by molar-refractivity contribution is 6.04. The van der Waals surface area contributed by atoms with Crippen molar-refractivity contribution in [2.75, 3.05) is 22.5 Å². The Kier molecular flexibility index (Phi) is 5.21. The predicted molar refractivity (Wildman–Crippen MR) is 120 cm³/mol. The first-order chi connectivity index (χ1) is 14.9. The van der Waals surface area contributed by atoms with E-state index in [1.54, 1.807) is 48.2 Å². The van der Waals surface area contributed by atoms with Crippen molar-refractivity contribution in [2.24, 2.45) is 0 Å². The van der Waals surface area contributed by atoms with E-state index in [9.17, 15) is 8.78 Å². The molecular formula is C23H20F2N6. The molecule has 156 valence electrons. The zero-order valence-corrected chi connectivity index (χ0v) is 16.8. The Hall–Kier alpha value is -4.07. The van der Waals surface area contributed by atoms with Crippen molar-refractivity contribution in [3.63, 3.8) is 0 Å². The Labute approximate surface area is 178 Å². The van der Waals surface area contributed by atoms with Crippen LogP contribution in [0.5, 0.6) is 0 Å². The molecule has 0 aliphatic carbocycles. The van der Waals surface area contributed by atoms with Gasteiger partial charge in [-0.25, -0.2) is 18.7 Å². The topological polar surface area (TPSA) is 90.9 Å². The quantitative estimate of drug-likeness (QED) is 0.524. The SMILES string of the molecule is C=C1c2c(F)cccc2C=C(CNc2ncnc(N)c2C(C)=N)N1c1ccccc1F. The summed E-state index contributed by atoms with van der Waals surface area (Å²) in [6, 6.07) is 11.0. The van der Waals surface area contributed by atoms with Crippen LogP contribution >= 0.6 is 0 Å². The Balaban J connectivity index is 1.79. The van der Waals surface area contributed by atoms with Gasteiger partial charge >= 0.3 is 0 Å². The molecule has 1 aliphatic heterocycles. The van der Waals surface area contributed by atoms with Gasteiger partial charge in [-0.15, -0.1) is 0 Å². The highest BCUT2D eigenvalue weighted by Gasteiger charge is 2.27. The van der Waals surface area contributed by atoms with Crippen LogP contribution in [0.2, 0.25) is 0 Å². The van der Waals surface area contributed by atoms with E-state index in [1.807, 2.05) is 0 Å². The number of nitrogens with two attached hydrogens (primary N) is 1. The largest absolute Gasteiger partial charge is 0.383 e. The Morgan fingerprint density at radius 1 is 1.13 bits per heavy atom. The van der Waals surface area contributed by atoms with Crippen LogP contribution in [0.25, 0.3) is 11.8 Å². The number of benzene rings is 2. The standard InChI is InChI=1S/C23H20F2N6/c1-13(26)20-22(27)29-12-30-23(20)28-11-16-10-15-6-5-8-18(25)21(15)14(2)31(16)19-9-4-3-7-17(19)24/h3-10,12,26H,2,11H2,1H3,(H3,27,28,29,30). The molecular weight excluding hydrogens is 398 g/mol. The van der Waals surface area contributed by atoms with E-state index in [0.717, 1.165) is 0 Å². The molecule has 0 atom stereocenters. The molecule has 6 nitrogen and oxygen atoms in total. The first-order valence-corrected chi connectivity index (χ1v) is 9.51. The van der Waals surface area contributed by atoms with Crippen LogP contribution in [0.1, 0.15) is 23.6 Å². The predicted octanol–water partition coefficient (Wildman–Crippen LogP) is 4.67. The van der Waals surface area contributed by atoms with Gasteiger partial charge in [-0.3, -0.25) is 0 Å². The number of rotatable bonds is 5. The average Bonchev–Trinajstić information content (AvgIpc) is 2.73. The molecule has 4 rings (SSSR count). The molecule has 0 spiro atoms. The summed E-state index contributed by atoms with van der Waals surface area (Å²) in [4.78, 5) is 9.71. The van der Waals surface area contributed by atoms with E-state index < -0.39 is 11.6 Å². The number of para-hydroxylation sites is 1. The first kappa shape index (κ1) is 20.2. The summed E-state index contributed by atoms with van der Waals surface area (Å²) < 4.78 is 29.3. The van der Waals surface area contributed by atoms with E-state index in [0.29, 0.717) is 33.9 Å². The van der Waals surface area contributed by atoms with Gasteiger partial charge in [-0.2, -0.15) is 0 Å². The van der Waals surface area contributed by atoms with Crippen LogP contribution in [-0.2, 0) is 0 Å². The lowest BCUT2D eigenvalue weighted by Crippen LogP contribution is -2.29. The van der Waals surface area contributed by atoms with Gasteiger partial charge in [0.2, 0.25) is 0 Å². The number of nitrogens with one attached hydrogen (secondary N) is 2. The minimum absolute atomic E-state index is 0.186. The fourth-order valence-corrected chi connectivity index (χ4v) is 3.64. The third kappa shape index (κ3) is 3.63. The third-order valence-corrected chi connectivity index (χ3v) is 5.00. The van der Waals surface area contributed by atoms with E-state index >= 15 is 0 Å². The van der Waals surface area contributed by atoms with Crippen LogP contribution in [-0.4, -0.2) is 22.2 Å². The van der Waals surface area contributed by atoms with Gasteiger partial charge in [0, 0.05) is 22.7 Å². The van der Waals surface area contributed by atoms with Crippen molar-refractivity contribution < 1.29 is 8.78 Å². The number of nitrogens with zero attached hydrogens (tertiary/aromatic N) is 3. The zero-order chi connectivity index (χ0) is 22.1. The van der Waals surface area contributed by atoms with Crippen molar-refractivity contribution in [1.29, 1.82) is 5.41 Å². The van der Waals surface area contributed by atoms with Crippen molar-refractivity contribution in [3.05, 3.63) is 89.4 Å². The highest BCUT2D eigenvalue weighted by Crippen LogP contribution is 2.38. The smallest absolute Gasteiger partial charge is 0.147 e. The van der Waals surface area contributed by atoms with Crippen molar-refractivity contribution >= 4 is 34.8 Å². The van der Waals surface area contributed by atoms with Gasteiger partial charge in [0.25, 0.3) is 0 Å². The van der Waals surface area contributed by atoms with E-state index in [4.69, 9.17) is 11.1 Å². The molecule has 0 saturated heterocycles. The van der Waals surface area contributed by atoms with Gasteiger partial charge in [0.15, 0.2) is 0 Å². The Morgan fingerprint density at radius 2 is 1.87 bits per heavy atom. The summed E-state index contributed by atoms with van der Waals surface area (Å²) in [5.74, 6) is -0.329. The molecule has 1 aromatic heterocycles. The molecule has 0 radical (unpaired) electrons. The van der Waals surface area contributed by atoms with Crippen LogP contribution in [0.4, 0.5) is 26.1 Å². The summed E-state index contributed by atoms with van der Waals surface area (Å²) in [7, 11) is 0. The van der Waals surface area contributed by atoms with Gasteiger partial charge < -0.3 is 21.4 Å². The normalized spacial score (nSPS) is 12.9. The van der Waals surface area contributed by atoms with Gasteiger partial charge in [0.1, 0.15) is 29.6 Å². The van der Waals surface area contributed by atoms with Gasteiger partial charge in [-0.05, 0) is 36.8 Å². The molecule has 2 aromatic carbocycles. The molecule has 0 bridgehead atoms. The second kappa shape index (κ2) is 7.98. The number of halogens is 2. The van der Waals surface area contributed by atoms with Crippen molar-refractivity contribution in [3.8, 4) is 0 Å². The monoisotopic (exact) mass is 418 g/mol. The number of nitrogen functional groups attached to an aromatic ring is 1. The molecule has 4 N–H and O–H groups in total. The minimum atomic E-state index is -0.461. The molecule has 2 heterocycles. The number of hydrogen-bond donors (Lipinski definition) is 3. The average molecular weight is 418 g/mol. The van der Waals surface area contributed by atoms with E-state index in [-0.39, 0.29) is 23.8 Å². The minimum Gasteiger partial charge on any atom is -0.383 e. The first-order valence-electron chi connectivity index (χ1n) is 9.51. The second-order valence-electron chi connectivity index (χ2n) is 7.03. The number of hydrogen-bond acceptors (Lipinski definition) is 6. The molecule has 0 saturated carbocycles. The maximum Gasteiger partial charge on any atom is 0.147 e. The van der Waals surface area contributed by atoms with Crippen LogP contribution in [0.3, 0.4) is 0 Å². The number of fused-ring (bicyclic) bond motifs is 1. The summed E-state index contributed by atoms with van der Waals surface area (Å²) in [6.45, 7) is 5.84. The summed E-state index contributed by atoms with van der Waals surface area (Å²) >= 11 is 0. The molecule has 0 unspecified atom stereocenters. The molecule has 0 fully saturated rings.